The SMILES string of the molecule is NCCCN1CC=Nc2cnc(Cl)cc21. The van der Waals surface area contributed by atoms with Crippen LogP contribution in [0.25, 0.3) is 0 Å². The molecule has 0 amide bonds. The third-order valence-corrected chi connectivity index (χ3v) is 2.54. The number of nitrogens with zero attached hydrogens (tertiary/aromatic N) is 3. The van der Waals surface area contributed by atoms with Crippen molar-refractivity contribution in [1.82, 2.24) is 4.98 Å². The molecule has 2 heterocycles. The van der Waals surface area contributed by atoms with Gasteiger partial charge in [0.05, 0.1) is 18.4 Å². The van der Waals surface area contributed by atoms with Crippen molar-refractivity contribution >= 4 is 29.2 Å². The predicted octanol–water partition coefficient (Wildman–Crippen LogP) is 1.61. The molecule has 0 unspecified atom stereocenters. The molecule has 0 atom stereocenters. The third kappa shape index (κ3) is 2.27. The van der Waals surface area contributed by atoms with Crippen molar-refractivity contribution in [2.24, 2.45) is 10.7 Å². The van der Waals surface area contributed by atoms with E-state index in [-0.39, 0.29) is 0 Å². The minimum Gasteiger partial charge on any atom is -0.364 e. The van der Waals surface area contributed by atoms with Crippen LogP contribution in [0.3, 0.4) is 0 Å². The second kappa shape index (κ2) is 4.59. The van der Waals surface area contributed by atoms with Crippen LogP contribution in [0.2, 0.25) is 5.15 Å². The minimum atomic E-state index is 0.503. The Kier molecular flexibility index (Phi) is 3.18. The number of hydrogen-bond donors (Lipinski definition) is 1. The predicted molar refractivity (Wildman–Crippen MR) is 63.3 cm³/mol. The van der Waals surface area contributed by atoms with Crippen molar-refractivity contribution < 1.29 is 0 Å². The van der Waals surface area contributed by atoms with Crippen LogP contribution in [-0.2, 0) is 0 Å². The van der Waals surface area contributed by atoms with Crippen molar-refractivity contribution in [3.63, 3.8) is 0 Å². The van der Waals surface area contributed by atoms with Gasteiger partial charge in [0.25, 0.3) is 0 Å². The van der Waals surface area contributed by atoms with Gasteiger partial charge < -0.3 is 10.6 Å². The number of pyridine rings is 1. The lowest BCUT2D eigenvalue weighted by Crippen LogP contribution is -2.29. The summed E-state index contributed by atoms with van der Waals surface area (Å²) >= 11 is 5.86. The molecule has 4 nitrogen and oxygen atoms in total. The van der Waals surface area contributed by atoms with Crippen molar-refractivity contribution in [3.8, 4) is 0 Å². The molecule has 1 aliphatic rings. The highest BCUT2D eigenvalue weighted by atomic mass is 35.5. The van der Waals surface area contributed by atoms with Gasteiger partial charge in [0.15, 0.2) is 0 Å². The largest absolute Gasteiger partial charge is 0.364 e. The molecule has 2 rings (SSSR count). The zero-order valence-corrected chi connectivity index (χ0v) is 9.11. The van der Waals surface area contributed by atoms with E-state index >= 15 is 0 Å². The molecule has 1 aromatic heterocycles. The first-order valence-corrected chi connectivity index (χ1v) is 5.32. The number of aliphatic imine (C=N–C) groups is 1. The Bertz CT molecular complexity index is 378. The van der Waals surface area contributed by atoms with Gasteiger partial charge in [0, 0.05) is 18.8 Å². The first-order valence-electron chi connectivity index (χ1n) is 4.94. The number of anilines is 1. The van der Waals surface area contributed by atoms with Gasteiger partial charge in [-0.05, 0) is 13.0 Å². The number of halogens is 1. The zero-order valence-electron chi connectivity index (χ0n) is 8.36. The topological polar surface area (TPSA) is 54.5 Å². The molecule has 15 heavy (non-hydrogen) atoms. The molecular weight excluding hydrogens is 212 g/mol. The Morgan fingerprint density at radius 2 is 2.40 bits per heavy atom. The molecule has 0 radical (unpaired) electrons. The second-order valence-electron chi connectivity index (χ2n) is 3.40. The average molecular weight is 225 g/mol. The van der Waals surface area contributed by atoms with Gasteiger partial charge in [-0.1, -0.05) is 11.6 Å². The van der Waals surface area contributed by atoms with Crippen molar-refractivity contribution in [2.45, 2.75) is 6.42 Å². The molecule has 0 aliphatic carbocycles. The number of fused-ring (bicyclic) bond motifs is 1. The molecular formula is C10H13ClN4. The van der Waals surface area contributed by atoms with E-state index in [4.69, 9.17) is 17.3 Å². The van der Waals surface area contributed by atoms with Crippen LogP contribution in [0.5, 0.6) is 0 Å². The first kappa shape index (κ1) is 10.4. The summed E-state index contributed by atoms with van der Waals surface area (Å²) in [5.41, 5.74) is 7.42. The van der Waals surface area contributed by atoms with E-state index < -0.39 is 0 Å². The third-order valence-electron chi connectivity index (χ3n) is 2.33. The highest BCUT2D eigenvalue weighted by Gasteiger charge is 2.14. The van der Waals surface area contributed by atoms with Gasteiger partial charge in [-0.3, -0.25) is 4.99 Å². The fourth-order valence-electron chi connectivity index (χ4n) is 1.60. The lowest BCUT2D eigenvalue weighted by Gasteiger charge is -2.26. The average Bonchev–Trinajstić information content (AvgIpc) is 2.26. The van der Waals surface area contributed by atoms with Gasteiger partial charge >= 0.3 is 0 Å². The monoisotopic (exact) mass is 224 g/mol. The smallest absolute Gasteiger partial charge is 0.131 e. The van der Waals surface area contributed by atoms with Crippen molar-refractivity contribution in [3.05, 3.63) is 17.4 Å². The van der Waals surface area contributed by atoms with Crippen LogP contribution >= 0.6 is 11.6 Å². The summed E-state index contributed by atoms with van der Waals surface area (Å²) in [6.45, 7) is 2.44. The van der Waals surface area contributed by atoms with Crippen LogP contribution in [0, 0.1) is 0 Å². The zero-order chi connectivity index (χ0) is 10.7. The summed E-state index contributed by atoms with van der Waals surface area (Å²) in [5.74, 6) is 0. The maximum absolute atomic E-state index is 5.86. The number of aromatic nitrogens is 1. The summed E-state index contributed by atoms with van der Waals surface area (Å²) in [7, 11) is 0. The van der Waals surface area contributed by atoms with Gasteiger partial charge in [0.1, 0.15) is 10.8 Å². The lowest BCUT2D eigenvalue weighted by atomic mass is 10.2. The maximum atomic E-state index is 5.86. The van der Waals surface area contributed by atoms with Crippen LogP contribution in [-0.4, -0.2) is 30.8 Å². The summed E-state index contributed by atoms with van der Waals surface area (Å²) in [6.07, 6.45) is 4.55. The van der Waals surface area contributed by atoms with Gasteiger partial charge in [-0.15, -0.1) is 0 Å². The molecule has 80 valence electrons. The van der Waals surface area contributed by atoms with Crippen molar-refractivity contribution in [2.75, 3.05) is 24.5 Å². The lowest BCUT2D eigenvalue weighted by molar-refractivity contribution is 0.777. The fraction of sp³-hybridized carbons (Fsp3) is 0.400. The van der Waals surface area contributed by atoms with Crippen LogP contribution in [0.4, 0.5) is 11.4 Å². The Hall–Kier alpha value is -1.13. The van der Waals surface area contributed by atoms with Crippen LogP contribution in [0.15, 0.2) is 17.3 Å². The molecule has 0 spiro atoms. The number of hydrogen-bond acceptors (Lipinski definition) is 4. The highest BCUT2D eigenvalue weighted by Crippen LogP contribution is 2.31. The van der Waals surface area contributed by atoms with Crippen molar-refractivity contribution in [1.29, 1.82) is 0 Å². The van der Waals surface area contributed by atoms with E-state index in [1.807, 2.05) is 12.3 Å². The summed E-state index contributed by atoms with van der Waals surface area (Å²) < 4.78 is 0. The summed E-state index contributed by atoms with van der Waals surface area (Å²) in [6, 6.07) is 1.85. The normalized spacial score (nSPS) is 14.1. The summed E-state index contributed by atoms with van der Waals surface area (Å²) in [5, 5.41) is 0.503. The van der Waals surface area contributed by atoms with Gasteiger partial charge in [-0.25, -0.2) is 4.98 Å². The number of rotatable bonds is 3. The van der Waals surface area contributed by atoms with E-state index in [1.165, 1.54) is 0 Å². The molecule has 0 fully saturated rings. The quantitative estimate of drug-likeness (QED) is 0.794. The molecule has 0 saturated heterocycles. The van der Waals surface area contributed by atoms with E-state index in [0.717, 1.165) is 30.9 Å². The fourth-order valence-corrected chi connectivity index (χ4v) is 1.75. The Labute approximate surface area is 93.8 Å². The highest BCUT2D eigenvalue weighted by molar-refractivity contribution is 6.29. The molecule has 0 aromatic carbocycles. The maximum Gasteiger partial charge on any atom is 0.131 e. The van der Waals surface area contributed by atoms with E-state index in [1.54, 1.807) is 6.20 Å². The molecule has 5 heteroatoms. The summed E-state index contributed by atoms with van der Waals surface area (Å²) in [4.78, 5) is 10.5. The van der Waals surface area contributed by atoms with E-state index in [0.29, 0.717) is 11.7 Å². The van der Waals surface area contributed by atoms with Gasteiger partial charge in [0.2, 0.25) is 0 Å². The molecule has 0 bridgehead atoms. The molecule has 2 N–H and O–H groups in total. The Balaban J connectivity index is 2.24. The Morgan fingerprint density at radius 1 is 1.53 bits per heavy atom. The standard InChI is InChI=1S/C10H13ClN4/c11-10-6-9-8(7-14-10)13-3-5-15(9)4-1-2-12/h3,6-7H,1-2,4-5,12H2. The number of nitrogens with two attached hydrogens (primary N) is 1. The minimum absolute atomic E-state index is 0.503. The van der Waals surface area contributed by atoms with E-state index in [2.05, 4.69) is 14.9 Å². The first-order chi connectivity index (χ1) is 7.31. The van der Waals surface area contributed by atoms with E-state index in [9.17, 15) is 0 Å². The van der Waals surface area contributed by atoms with Gasteiger partial charge in [-0.2, -0.15) is 0 Å². The molecule has 1 aromatic rings. The Morgan fingerprint density at radius 3 is 3.20 bits per heavy atom. The second-order valence-corrected chi connectivity index (χ2v) is 3.78. The molecule has 0 saturated carbocycles. The van der Waals surface area contributed by atoms with Crippen LogP contribution < -0.4 is 10.6 Å². The van der Waals surface area contributed by atoms with Crippen LogP contribution in [0.1, 0.15) is 6.42 Å². The molecule has 1 aliphatic heterocycles.